The van der Waals surface area contributed by atoms with E-state index >= 15 is 0 Å². The fourth-order valence-corrected chi connectivity index (χ4v) is 1.85. The molecule has 100 valence electrons. The normalized spacial score (nSPS) is 11.6. The maximum absolute atomic E-state index is 13.9. The number of aliphatic carboxylic acids is 1. The van der Waals surface area contributed by atoms with Gasteiger partial charge in [0.2, 0.25) is 0 Å². The smallest absolute Gasteiger partial charge is 0.304 e. The van der Waals surface area contributed by atoms with Gasteiger partial charge in [0.05, 0.1) is 13.0 Å². The number of rotatable bonds is 5. The summed E-state index contributed by atoms with van der Waals surface area (Å²) in [6, 6.07) is 2.10. The molecule has 0 fully saturated rings. The summed E-state index contributed by atoms with van der Waals surface area (Å²) in [6.45, 7) is 3.10. The molecule has 1 aromatic carbocycles. The minimum atomic E-state index is -1.05. The SMILES string of the molecule is COCc1cc(F)c(C(C)(C)CC(=O)O)cc1F. The number of halogens is 2. The molecule has 0 amide bonds. The van der Waals surface area contributed by atoms with Crippen molar-refractivity contribution in [3.8, 4) is 0 Å². The van der Waals surface area contributed by atoms with Crippen molar-refractivity contribution in [3.63, 3.8) is 0 Å². The minimum absolute atomic E-state index is 0.0254. The molecule has 1 rings (SSSR count). The number of carboxylic acid groups (broad SMARTS) is 1. The summed E-state index contributed by atoms with van der Waals surface area (Å²) in [6.07, 6.45) is -0.271. The second-order valence-corrected chi connectivity index (χ2v) is 4.81. The van der Waals surface area contributed by atoms with E-state index in [0.29, 0.717) is 0 Å². The molecule has 18 heavy (non-hydrogen) atoms. The third-order valence-electron chi connectivity index (χ3n) is 2.76. The van der Waals surface area contributed by atoms with Crippen LogP contribution in [0.1, 0.15) is 31.4 Å². The van der Waals surface area contributed by atoms with Crippen molar-refractivity contribution in [1.82, 2.24) is 0 Å². The quantitative estimate of drug-likeness (QED) is 0.883. The predicted octanol–water partition coefficient (Wildman–Crippen LogP) is 2.86. The lowest BCUT2D eigenvalue weighted by atomic mass is 9.81. The number of hydrogen-bond acceptors (Lipinski definition) is 2. The second kappa shape index (κ2) is 5.44. The lowest BCUT2D eigenvalue weighted by molar-refractivity contribution is -0.138. The molecule has 0 aromatic heterocycles. The van der Waals surface area contributed by atoms with E-state index in [1.54, 1.807) is 13.8 Å². The lowest BCUT2D eigenvalue weighted by Gasteiger charge is -2.24. The van der Waals surface area contributed by atoms with E-state index in [-0.39, 0.29) is 24.2 Å². The Kier molecular flexibility index (Phi) is 4.40. The monoisotopic (exact) mass is 258 g/mol. The summed E-state index contributed by atoms with van der Waals surface area (Å²) in [5.41, 5.74) is -0.797. The van der Waals surface area contributed by atoms with E-state index in [1.165, 1.54) is 7.11 Å². The third-order valence-corrected chi connectivity index (χ3v) is 2.76. The predicted molar refractivity (Wildman–Crippen MR) is 62.3 cm³/mol. The maximum atomic E-state index is 13.9. The van der Waals surface area contributed by atoms with Crippen LogP contribution in [0.4, 0.5) is 8.78 Å². The topological polar surface area (TPSA) is 46.5 Å². The van der Waals surface area contributed by atoms with E-state index < -0.39 is 23.0 Å². The van der Waals surface area contributed by atoms with Crippen molar-refractivity contribution in [3.05, 3.63) is 34.9 Å². The summed E-state index contributed by atoms with van der Waals surface area (Å²) in [5, 5.41) is 8.77. The van der Waals surface area contributed by atoms with Gasteiger partial charge in [-0.05, 0) is 17.7 Å². The van der Waals surface area contributed by atoms with Crippen LogP contribution in [-0.2, 0) is 21.6 Å². The number of carboxylic acids is 1. The molecule has 0 spiro atoms. The first-order valence-electron chi connectivity index (χ1n) is 5.47. The van der Waals surface area contributed by atoms with Crippen molar-refractivity contribution in [1.29, 1.82) is 0 Å². The Balaban J connectivity index is 3.18. The minimum Gasteiger partial charge on any atom is -0.481 e. The number of benzene rings is 1. The molecule has 0 heterocycles. The van der Waals surface area contributed by atoms with Crippen LogP contribution in [0.5, 0.6) is 0 Å². The van der Waals surface area contributed by atoms with Crippen LogP contribution in [0.15, 0.2) is 12.1 Å². The molecule has 0 saturated heterocycles. The lowest BCUT2D eigenvalue weighted by Crippen LogP contribution is -2.23. The van der Waals surface area contributed by atoms with Gasteiger partial charge in [-0.25, -0.2) is 8.78 Å². The van der Waals surface area contributed by atoms with E-state index in [9.17, 15) is 13.6 Å². The molecule has 1 aromatic rings. The van der Waals surface area contributed by atoms with E-state index in [1.807, 2.05) is 0 Å². The number of methoxy groups -OCH3 is 1. The standard InChI is InChI=1S/C13H16F2O3/c1-13(2,6-12(16)17)9-5-10(14)8(7-18-3)4-11(9)15/h4-5H,6-7H2,1-3H3,(H,16,17). The molecular weight excluding hydrogens is 242 g/mol. The Labute approximate surface area is 104 Å². The summed E-state index contributed by atoms with van der Waals surface area (Å²) in [5.74, 6) is -2.26. The fourth-order valence-electron chi connectivity index (χ4n) is 1.85. The summed E-state index contributed by atoms with van der Waals surface area (Å²) < 4.78 is 32.3. The van der Waals surface area contributed by atoms with Crippen molar-refractivity contribution in [2.24, 2.45) is 0 Å². The van der Waals surface area contributed by atoms with Crippen LogP contribution in [-0.4, -0.2) is 18.2 Å². The Bertz CT molecular complexity index is 456. The molecule has 1 N–H and O–H groups in total. The van der Waals surface area contributed by atoms with Gasteiger partial charge in [-0.3, -0.25) is 4.79 Å². The van der Waals surface area contributed by atoms with Crippen molar-refractivity contribution >= 4 is 5.97 Å². The average Bonchev–Trinajstić information content (AvgIpc) is 2.21. The first-order valence-corrected chi connectivity index (χ1v) is 5.47. The maximum Gasteiger partial charge on any atom is 0.304 e. The highest BCUT2D eigenvalue weighted by Crippen LogP contribution is 2.31. The van der Waals surface area contributed by atoms with Gasteiger partial charge in [-0.15, -0.1) is 0 Å². The average molecular weight is 258 g/mol. The van der Waals surface area contributed by atoms with Gasteiger partial charge >= 0.3 is 5.97 Å². The fraction of sp³-hybridized carbons (Fsp3) is 0.462. The second-order valence-electron chi connectivity index (χ2n) is 4.81. The van der Waals surface area contributed by atoms with Crippen molar-refractivity contribution in [2.75, 3.05) is 7.11 Å². The summed E-state index contributed by atoms with van der Waals surface area (Å²) in [7, 11) is 1.39. The Morgan fingerprint density at radius 3 is 2.44 bits per heavy atom. The van der Waals surface area contributed by atoms with Crippen molar-refractivity contribution in [2.45, 2.75) is 32.3 Å². The number of carbonyl (C=O) groups is 1. The van der Waals surface area contributed by atoms with Gasteiger partial charge in [0, 0.05) is 18.1 Å². The Hall–Kier alpha value is -1.49. The number of ether oxygens (including phenoxy) is 1. The van der Waals surface area contributed by atoms with Crippen molar-refractivity contribution < 1.29 is 23.4 Å². The summed E-state index contributed by atoms with van der Waals surface area (Å²) >= 11 is 0. The molecule has 5 heteroatoms. The molecule has 0 unspecified atom stereocenters. The Morgan fingerprint density at radius 1 is 1.33 bits per heavy atom. The van der Waals surface area contributed by atoms with Gasteiger partial charge < -0.3 is 9.84 Å². The van der Waals surface area contributed by atoms with Crippen LogP contribution in [0, 0.1) is 11.6 Å². The van der Waals surface area contributed by atoms with Gasteiger partial charge in [0.15, 0.2) is 0 Å². The van der Waals surface area contributed by atoms with E-state index in [2.05, 4.69) is 0 Å². The molecule has 0 aliphatic heterocycles. The van der Waals surface area contributed by atoms with E-state index in [0.717, 1.165) is 12.1 Å². The van der Waals surface area contributed by atoms with Gasteiger partial charge in [0.25, 0.3) is 0 Å². The zero-order chi connectivity index (χ0) is 13.9. The van der Waals surface area contributed by atoms with Crippen LogP contribution in [0.2, 0.25) is 0 Å². The Morgan fingerprint density at radius 2 is 1.94 bits per heavy atom. The summed E-state index contributed by atoms with van der Waals surface area (Å²) in [4.78, 5) is 10.7. The molecule has 0 bridgehead atoms. The molecule has 3 nitrogen and oxygen atoms in total. The molecule has 0 radical (unpaired) electrons. The van der Waals surface area contributed by atoms with Crippen LogP contribution in [0.3, 0.4) is 0 Å². The molecule has 0 aliphatic rings. The van der Waals surface area contributed by atoms with Gasteiger partial charge in [0.1, 0.15) is 11.6 Å². The van der Waals surface area contributed by atoms with E-state index in [4.69, 9.17) is 9.84 Å². The van der Waals surface area contributed by atoms with Crippen LogP contribution >= 0.6 is 0 Å². The highest BCUT2D eigenvalue weighted by molar-refractivity contribution is 5.68. The molecule has 0 saturated carbocycles. The largest absolute Gasteiger partial charge is 0.481 e. The highest BCUT2D eigenvalue weighted by Gasteiger charge is 2.28. The molecule has 0 aliphatic carbocycles. The molecule has 0 atom stereocenters. The first kappa shape index (κ1) is 14.6. The zero-order valence-electron chi connectivity index (χ0n) is 10.6. The third kappa shape index (κ3) is 3.26. The zero-order valence-corrected chi connectivity index (χ0v) is 10.6. The van der Waals surface area contributed by atoms with Gasteiger partial charge in [-0.1, -0.05) is 13.8 Å². The van der Waals surface area contributed by atoms with Crippen LogP contribution in [0.25, 0.3) is 0 Å². The highest BCUT2D eigenvalue weighted by atomic mass is 19.1. The van der Waals surface area contributed by atoms with Gasteiger partial charge in [-0.2, -0.15) is 0 Å². The van der Waals surface area contributed by atoms with Crippen LogP contribution < -0.4 is 0 Å². The molecular formula is C13H16F2O3. The number of hydrogen-bond donors (Lipinski definition) is 1. The first-order chi connectivity index (χ1) is 8.27.